The summed E-state index contributed by atoms with van der Waals surface area (Å²) in [5.74, 6) is -4.04. The van der Waals surface area contributed by atoms with Gasteiger partial charge in [-0.05, 0) is 37.1 Å². The Hall–Kier alpha value is -2.61. The molecule has 2 rings (SSSR count). The van der Waals surface area contributed by atoms with Gasteiger partial charge >= 0.3 is 0 Å². The number of rotatable bonds is 6. The zero-order valence-electron chi connectivity index (χ0n) is 14.3. The van der Waals surface area contributed by atoms with Crippen LogP contribution in [-0.4, -0.2) is 27.5 Å². The van der Waals surface area contributed by atoms with E-state index in [0.717, 1.165) is 23.3 Å². The fourth-order valence-corrected chi connectivity index (χ4v) is 3.13. The molecule has 0 spiro atoms. The Kier molecular flexibility index (Phi) is 6.57. The summed E-state index contributed by atoms with van der Waals surface area (Å²) in [7, 11) is -1.74. The van der Waals surface area contributed by atoms with Crippen LogP contribution in [0, 0.1) is 25.5 Å². The second-order valence-electron chi connectivity index (χ2n) is 5.72. The van der Waals surface area contributed by atoms with Crippen LogP contribution in [-0.2, 0) is 20.4 Å². The maximum atomic E-state index is 13.1. The summed E-state index contributed by atoms with van der Waals surface area (Å²) in [6, 6.07) is 8.43. The number of nitrogens with one attached hydrogen (secondary N) is 2. The normalized spacial score (nSPS) is 11.7. The molecule has 0 aliphatic heterocycles. The molecule has 8 heteroatoms. The minimum Gasteiger partial charge on any atom is -0.325 e. The van der Waals surface area contributed by atoms with Crippen LogP contribution in [0.15, 0.2) is 36.4 Å². The topological polar surface area (TPSA) is 75.3 Å². The number of carbonyl (C=O) groups excluding carboxylic acids is 2. The Morgan fingerprint density at radius 1 is 0.923 bits per heavy atom. The Labute approximate surface area is 152 Å². The molecule has 138 valence electrons. The smallest absolute Gasteiger partial charge is 0.237 e. The second-order valence-corrected chi connectivity index (χ2v) is 7.18. The van der Waals surface area contributed by atoms with Crippen molar-refractivity contribution >= 4 is 34.0 Å². The molecule has 0 unspecified atom stereocenters. The van der Waals surface area contributed by atoms with Gasteiger partial charge in [0.1, 0.15) is 11.5 Å². The average molecular weight is 380 g/mol. The van der Waals surface area contributed by atoms with Crippen LogP contribution >= 0.6 is 0 Å². The highest BCUT2D eigenvalue weighted by Crippen LogP contribution is 2.19. The molecule has 0 bridgehead atoms. The van der Waals surface area contributed by atoms with Crippen molar-refractivity contribution in [3.05, 3.63) is 59.2 Å². The van der Waals surface area contributed by atoms with E-state index in [1.165, 1.54) is 6.07 Å². The number of benzene rings is 2. The number of para-hydroxylation sites is 1. The highest BCUT2D eigenvalue weighted by Gasteiger charge is 2.15. The van der Waals surface area contributed by atoms with Crippen molar-refractivity contribution in [3.8, 4) is 0 Å². The maximum absolute atomic E-state index is 13.1. The van der Waals surface area contributed by atoms with E-state index in [4.69, 9.17) is 0 Å². The minimum absolute atomic E-state index is 0.0471. The van der Waals surface area contributed by atoms with Gasteiger partial charge in [0.15, 0.2) is 11.6 Å². The molecule has 2 aromatic carbocycles. The third kappa shape index (κ3) is 5.45. The maximum Gasteiger partial charge on any atom is 0.237 e. The van der Waals surface area contributed by atoms with Crippen LogP contribution in [0.5, 0.6) is 0 Å². The lowest BCUT2D eigenvalue weighted by Gasteiger charge is -2.11. The first-order valence-corrected chi connectivity index (χ1v) is 9.21. The molecule has 0 saturated heterocycles. The van der Waals surface area contributed by atoms with Gasteiger partial charge in [0.25, 0.3) is 0 Å². The van der Waals surface area contributed by atoms with Gasteiger partial charge in [0, 0.05) is 28.2 Å². The SMILES string of the molecule is Cc1cccc(C)c1NC(=O)C[S@](=O)CC(=O)Nc1ccc(F)c(F)c1. The molecule has 5 nitrogen and oxygen atoms in total. The largest absolute Gasteiger partial charge is 0.325 e. The standard InChI is InChI=1S/C18H18F2N2O3S/c1-11-4-3-5-12(2)18(11)22-17(24)10-26(25)9-16(23)21-13-6-7-14(19)15(20)8-13/h3-8H,9-10H2,1-2H3,(H,21,23)(H,22,24)/t26-/m1/s1. The van der Waals surface area contributed by atoms with E-state index in [1.54, 1.807) is 0 Å². The van der Waals surface area contributed by atoms with Gasteiger partial charge in [0.2, 0.25) is 11.8 Å². The summed E-state index contributed by atoms with van der Waals surface area (Å²) < 4.78 is 37.9. The lowest BCUT2D eigenvalue weighted by molar-refractivity contribution is -0.114. The highest BCUT2D eigenvalue weighted by molar-refractivity contribution is 7.86. The first-order chi connectivity index (χ1) is 12.3. The average Bonchev–Trinajstić information content (AvgIpc) is 2.54. The summed E-state index contributed by atoms with van der Waals surface area (Å²) in [6.45, 7) is 3.68. The molecule has 0 radical (unpaired) electrons. The van der Waals surface area contributed by atoms with Gasteiger partial charge in [-0.2, -0.15) is 0 Å². The zero-order valence-corrected chi connectivity index (χ0v) is 15.1. The number of amides is 2. The Morgan fingerprint density at radius 2 is 1.50 bits per heavy atom. The predicted octanol–water partition coefficient (Wildman–Crippen LogP) is 2.91. The Bertz CT molecular complexity index is 851. The molecule has 1 atom stereocenters. The summed E-state index contributed by atoms with van der Waals surface area (Å²) in [4.78, 5) is 23.8. The van der Waals surface area contributed by atoms with Crippen LogP contribution in [0.3, 0.4) is 0 Å². The molecule has 2 N–H and O–H groups in total. The number of halogens is 2. The second kappa shape index (κ2) is 8.66. The fourth-order valence-electron chi connectivity index (χ4n) is 2.30. The molecule has 0 saturated carbocycles. The fraction of sp³-hybridized carbons (Fsp3) is 0.222. The first kappa shape index (κ1) is 19.7. The van der Waals surface area contributed by atoms with E-state index in [9.17, 15) is 22.6 Å². The predicted molar refractivity (Wildman–Crippen MR) is 97.4 cm³/mol. The zero-order chi connectivity index (χ0) is 19.3. The molecule has 2 aromatic rings. The first-order valence-electron chi connectivity index (χ1n) is 7.72. The summed E-state index contributed by atoms with van der Waals surface area (Å²) >= 11 is 0. The minimum atomic E-state index is -1.74. The van der Waals surface area contributed by atoms with E-state index in [-0.39, 0.29) is 11.4 Å². The highest BCUT2D eigenvalue weighted by atomic mass is 32.2. The molecule has 0 fully saturated rings. The Morgan fingerprint density at radius 3 is 2.08 bits per heavy atom. The molecule has 26 heavy (non-hydrogen) atoms. The van der Waals surface area contributed by atoms with Crippen LogP contribution in [0.4, 0.5) is 20.2 Å². The number of anilines is 2. The third-order valence-corrected chi connectivity index (χ3v) is 4.70. The van der Waals surface area contributed by atoms with Gasteiger partial charge in [-0.1, -0.05) is 18.2 Å². The van der Waals surface area contributed by atoms with Crippen molar-refractivity contribution in [3.63, 3.8) is 0 Å². The van der Waals surface area contributed by atoms with Crippen LogP contribution in [0.1, 0.15) is 11.1 Å². The number of carbonyl (C=O) groups is 2. The Balaban J connectivity index is 1.88. The lowest BCUT2D eigenvalue weighted by atomic mass is 10.1. The summed E-state index contributed by atoms with van der Waals surface area (Å²) in [5, 5.41) is 5.00. The molecular formula is C18H18F2N2O3S. The van der Waals surface area contributed by atoms with Crippen molar-refractivity contribution in [2.24, 2.45) is 0 Å². The van der Waals surface area contributed by atoms with E-state index in [2.05, 4.69) is 10.6 Å². The summed E-state index contributed by atoms with van der Waals surface area (Å²) in [6.07, 6.45) is 0. The molecule has 0 aliphatic carbocycles. The molecule has 0 heterocycles. The van der Waals surface area contributed by atoms with Crippen LogP contribution in [0.25, 0.3) is 0 Å². The number of aryl methyl sites for hydroxylation is 2. The van der Waals surface area contributed by atoms with Gasteiger partial charge in [0.05, 0.1) is 0 Å². The quantitative estimate of drug-likeness (QED) is 0.809. The van der Waals surface area contributed by atoms with Crippen LogP contribution < -0.4 is 10.6 Å². The number of hydrogen-bond acceptors (Lipinski definition) is 3. The van der Waals surface area contributed by atoms with E-state index < -0.39 is 40.0 Å². The molecule has 2 amide bonds. The van der Waals surface area contributed by atoms with E-state index >= 15 is 0 Å². The van der Waals surface area contributed by atoms with Crippen molar-refractivity contribution in [2.75, 3.05) is 22.1 Å². The molecule has 0 aliphatic rings. The number of hydrogen-bond donors (Lipinski definition) is 2. The molecular weight excluding hydrogens is 362 g/mol. The van der Waals surface area contributed by atoms with Gasteiger partial charge in [-0.25, -0.2) is 8.78 Å². The summed E-state index contributed by atoms with van der Waals surface area (Å²) in [5.41, 5.74) is 2.45. The van der Waals surface area contributed by atoms with Crippen molar-refractivity contribution in [1.82, 2.24) is 0 Å². The monoisotopic (exact) mass is 380 g/mol. The van der Waals surface area contributed by atoms with Crippen molar-refractivity contribution < 1.29 is 22.6 Å². The van der Waals surface area contributed by atoms with Gasteiger partial charge < -0.3 is 10.6 Å². The van der Waals surface area contributed by atoms with Crippen molar-refractivity contribution in [2.45, 2.75) is 13.8 Å². The van der Waals surface area contributed by atoms with Crippen LogP contribution in [0.2, 0.25) is 0 Å². The lowest BCUT2D eigenvalue weighted by Crippen LogP contribution is -2.26. The van der Waals surface area contributed by atoms with Crippen molar-refractivity contribution in [1.29, 1.82) is 0 Å². The molecule has 0 aromatic heterocycles. The van der Waals surface area contributed by atoms with E-state index in [1.807, 2.05) is 32.0 Å². The van der Waals surface area contributed by atoms with E-state index in [0.29, 0.717) is 5.69 Å². The third-order valence-electron chi connectivity index (χ3n) is 3.53. The van der Waals surface area contributed by atoms with Gasteiger partial charge in [-0.3, -0.25) is 13.8 Å². The van der Waals surface area contributed by atoms with Gasteiger partial charge in [-0.15, -0.1) is 0 Å².